The first-order chi connectivity index (χ1) is 16.8. The van der Waals surface area contributed by atoms with Crippen molar-refractivity contribution in [2.75, 3.05) is 0 Å². The van der Waals surface area contributed by atoms with E-state index in [1.807, 2.05) is 97.1 Å². The third kappa shape index (κ3) is 9.92. The van der Waals surface area contributed by atoms with Gasteiger partial charge in [0.15, 0.2) is 0 Å². The summed E-state index contributed by atoms with van der Waals surface area (Å²) in [6, 6.07) is 40.0. The first kappa shape index (κ1) is 29.8. The fourth-order valence-corrected chi connectivity index (χ4v) is 2.81. The van der Waals surface area contributed by atoms with Gasteiger partial charge in [-0.1, -0.05) is 60.7 Å². The van der Waals surface area contributed by atoms with Crippen molar-refractivity contribution in [2.24, 2.45) is 10.3 Å². The Labute approximate surface area is 229 Å². The molecule has 0 saturated carbocycles. The molecule has 0 bridgehead atoms. The predicted octanol–water partition coefficient (Wildman–Crippen LogP) is 6.80. The van der Waals surface area contributed by atoms with Gasteiger partial charge in [-0.25, -0.2) is 0 Å². The van der Waals surface area contributed by atoms with E-state index in [4.69, 9.17) is 10.4 Å². The van der Waals surface area contributed by atoms with E-state index in [1.165, 1.54) is 0 Å². The number of hydrogen-bond donors (Lipinski definition) is 2. The van der Waals surface area contributed by atoms with Gasteiger partial charge in [0, 0.05) is 11.4 Å². The van der Waals surface area contributed by atoms with Gasteiger partial charge in [0.05, 0.1) is 0 Å². The van der Waals surface area contributed by atoms with Crippen molar-refractivity contribution in [1.29, 1.82) is 0 Å². The summed E-state index contributed by atoms with van der Waals surface area (Å²) in [5, 5.41) is 24.6. The Kier molecular flexibility index (Phi) is 16.7. The van der Waals surface area contributed by atoms with E-state index in [-0.39, 0.29) is 0 Å². The van der Waals surface area contributed by atoms with Crippen LogP contribution >= 0.6 is 19.1 Å². The Balaban J connectivity index is 0.000000297. The van der Waals surface area contributed by atoms with Crippen LogP contribution in [0.4, 0.5) is 0 Å². The second-order valence-corrected chi connectivity index (χ2v) is 6.18. The van der Waals surface area contributed by atoms with Crippen LogP contribution in [0.2, 0.25) is 0 Å². The van der Waals surface area contributed by atoms with Crippen molar-refractivity contribution in [2.45, 2.75) is 0 Å². The summed E-state index contributed by atoms with van der Waals surface area (Å²) in [6.45, 7) is 0. The average molecular weight is 676 g/mol. The van der Waals surface area contributed by atoms with Crippen LogP contribution in [0.15, 0.2) is 120 Å². The third-order valence-electron chi connectivity index (χ3n) is 4.22. The summed E-state index contributed by atoms with van der Waals surface area (Å²) in [4.78, 5) is 0. The molecule has 0 unspecified atom stereocenters. The van der Waals surface area contributed by atoms with Crippen LogP contribution in [-0.4, -0.2) is 21.8 Å². The first-order valence-electron chi connectivity index (χ1n) is 9.56. The second-order valence-electron chi connectivity index (χ2n) is 6.18. The molecule has 0 saturated heterocycles. The molecule has 0 fully saturated rings. The molecule has 34 heavy (non-hydrogen) atoms. The standard InChI is InChI=1S/2C13H10NO.2ClH.2Pd/c2*15-14-13(11-7-3-1-4-8-11)12-9-5-2-6-10-12;;;;/h2*1-9,15H;2*1H;;/q2*-1;;;2*+2/p-2/b2*14-13+;;;;. The van der Waals surface area contributed by atoms with E-state index in [2.05, 4.69) is 77.9 Å². The van der Waals surface area contributed by atoms with E-state index in [0.29, 0.717) is 11.4 Å². The topological polar surface area (TPSA) is 65.2 Å². The monoisotopic (exact) mass is 674 g/mol. The zero-order valence-electron chi connectivity index (χ0n) is 17.6. The number of hydrogen-bond acceptors (Lipinski definition) is 4. The van der Waals surface area contributed by atoms with Crippen molar-refractivity contribution >= 4 is 30.5 Å². The molecule has 4 aromatic carbocycles. The van der Waals surface area contributed by atoms with Gasteiger partial charge in [0.2, 0.25) is 0 Å². The minimum atomic E-state index is 0.538. The van der Waals surface area contributed by atoms with Gasteiger partial charge in [-0.05, 0) is 11.1 Å². The van der Waals surface area contributed by atoms with Gasteiger partial charge in [-0.15, -0.1) is 82.1 Å². The molecule has 0 aliphatic carbocycles. The molecule has 0 atom stereocenters. The second kappa shape index (κ2) is 19.1. The maximum atomic E-state index is 9.00. The number of halogens is 2. The normalized spacial score (nSPS) is 10.4. The average Bonchev–Trinajstić information content (AvgIpc) is 2.95. The zero-order chi connectivity index (χ0) is 25.0. The van der Waals surface area contributed by atoms with Gasteiger partial charge in [0.1, 0.15) is 0 Å². The van der Waals surface area contributed by atoms with Crippen LogP contribution in [0, 0.1) is 12.1 Å². The minimum absolute atomic E-state index is 0.538. The molecular weight excluding hydrogens is 656 g/mol. The molecule has 0 spiro atoms. The molecular formula is C26H20Cl2N2O2Pd2. The molecule has 0 heterocycles. The van der Waals surface area contributed by atoms with E-state index in [0.717, 1.165) is 22.3 Å². The van der Waals surface area contributed by atoms with Crippen LogP contribution in [0.25, 0.3) is 0 Å². The van der Waals surface area contributed by atoms with E-state index >= 15 is 0 Å². The fourth-order valence-electron chi connectivity index (χ4n) is 2.81. The molecule has 8 heteroatoms. The fraction of sp³-hybridized carbons (Fsp3) is 0. The molecule has 0 radical (unpaired) electrons. The van der Waals surface area contributed by atoms with Gasteiger partial charge in [-0.2, -0.15) is 0 Å². The molecule has 4 nitrogen and oxygen atoms in total. The Bertz CT molecular complexity index is 927. The van der Waals surface area contributed by atoms with E-state index in [1.54, 1.807) is 12.1 Å². The van der Waals surface area contributed by atoms with Crippen molar-refractivity contribution in [3.8, 4) is 0 Å². The molecule has 4 rings (SSSR count). The third-order valence-corrected chi connectivity index (χ3v) is 4.22. The maximum absolute atomic E-state index is 9.00. The molecule has 0 amide bonds. The van der Waals surface area contributed by atoms with Gasteiger partial charge < -0.3 is 10.4 Å². The van der Waals surface area contributed by atoms with Crippen LogP contribution in [-0.2, 0) is 36.4 Å². The number of rotatable bonds is 4. The van der Waals surface area contributed by atoms with Crippen LogP contribution in [0.1, 0.15) is 22.3 Å². The summed E-state index contributed by atoms with van der Waals surface area (Å²) < 4.78 is 0. The molecule has 4 aromatic rings. The molecule has 0 aliphatic heterocycles. The molecule has 0 aliphatic rings. The summed E-state index contributed by atoms with van der Waals surface area (Å²) in [5.74, 6) is 0. The summed E-state index contributed by atoms with van der Waals surface area (Å²) in [6.07, 6.45) is 0. The predicted molar refractivity (Wildman–Crippen MR) is 130 cm³/mol. The van der Waals surface area contributed by atoms with Gasteiger partial charge >= 0.3 is 55.4 Å². The van der Waals surface area contributed by atoms with Crippen LogP contribution in [0.5, 0.6) is 0 Å². The quantitative estimate of drug-likeness (QED) is 0.0822. The summed E-state index contributed by atoms with van der Waals surface area (Å²) in [7, 11) is 8.98. The van der Waals surface area contributed by atoms with E-state index < -0.39 is 0 Å². The van der Waals surface area contributed by atoms with Crippen LogP contribution < -0.4 is 0 Å². The summed E-state index contributed by atoms with van der Waals surface area (Å²) in [5.41, 5.74) is 4.40. The van der Waals surface area contributed by atoms with Crippen molar-refractivity contribution in [1.82, 2.24) is 0 Å². The Morgan fingerprint density at radius 1 is 0.529 bits per heavy atom. The first-order valence-corrected chi connectivity index (χ1v) is 13.6. The molecule has 0 aromatic heterocycles. The Morgan fingerprint density at radius 3 is 1.12 bits per heavy atom. The van der Waals surface area contributed by atoms with E-state index in [9.17, 15) is 0 Å². The number of nitrogens with zero attached hydrogens (tertiary/aromatic N) is 2. The SMILES string of the molecule is O/N=C(/c1[c-]cccc1)c1ccccc1.O/N=C(/c1[c-]cccc1)c1ccccc1.[Cl][Pd+].[Cl][Pd+]. The Morgan fingerprint density at radius 2 is 0.853 bits per heavy atom. The zero-order valence-corrected chi connectivity index (χ0v) is 22.2. The van der Waals surface area contributed by atoms with Gasteiger partial charge in [-0.3, -0.25) is 0 Å². The van der Waals surface area contributed by atoms with Crippen molar-refractivity contribution in [3.05, 3.63) is 144 Å². The van der Waals surface area contributed by atoms with Crippen molar-refractivity contribution in [3.63, 3.8) is 0 Å². The summed E-state index contributed by atoms with van der Waals surface area (Å²) >= 11 is 4.44. The van der Waals surface area contributed by atoms with Gasteiger partial charge in [0.25, 0.3) is 0 Å². The van der Waals surface area contributed by atoms with Crippen molar-refractivity contribution < 1.29 is 46.8 Å². The number of benzene rings is 4. The van der Waals surface area contributed by atoms with Crippen LogP contribution in [0.3, 0.4) is 0 Å². The molecule has 180 valence electrons. The number of oxime groups is 2. The molecule has 2 N–H and O–H groups in total. The Hall–Kier alpha value is -2.28.